The van der Waals surface area contributed by atoms with Crippen LogP contribution >= 0.6 is 0 Å². The molecule has 1 fully saturated rings. The first kappa shape index (κ1) is 12.0. The van der Waals surface area contributed by atoms with Crippen molar-refractivity contribution in [3.8, 4) is 0 Å². The van der Waals surface area contributed by atoms with Gasteiger partial charge in [0, 0.05) is 31.7 Å². The molecule has 1 rings (SSSR count). The van der Waals surface area contributed by atoms with Crippen molar-refractivity contribution in [2.45, 2.75) is 58.5 Å². The number of hydrogen-bond donors (Lipinski definition) is 1. The first-order valence-corrected chi connectivity index (χ1v) is 6.05. The fraction of sp³-hybridized carbons (Fsp3) is 0.917. The maximum absolute atomic E-state index is 3.55. The van der Waals surface area contributed by atoms with Gasteiger partial charge < -0.3 is 5.32 Å². The Bertz CT molecular complexity index is 137. The second-order valence-corrected chi connectivity index (χ2v) is 4.60. The van der Waals surface area contributed by atoms with Gasteiger partial charge in [0.1, 0.15) is 0 Å². The van der Waals surface area contributed by atoms with E-state index < -0.39 is 0 Å². The molecule has 1 heterocycles. The Labute approximate surface area is 89.1 Å². The van der Waals surface area contributed by atoms with Crippen LogP contribution in [0.25, 0.3) is 0 Å². The van der Waals surface area contributed by atoms with Gasteiger partial charge in [-0.1, -0.05) is 26.2 Å². The van der Waals surface area contributed by atoms with E-state index in [-0.39, 0.29) is 0 Å². The van der Waals surface area contributed by atoms with Crippen molar-refractivity contribution < 1.29 is 0 Å². The van der Waals surface area contributed by atoms with E-state index in [1.165, 1.54) is 38.8 Å². The van der Waals surface area contributed by atoms with E-state index in [0.717, 1.165) is 0 Å². The van der Waals surface area contributed by atoms with Crippen molar-refractivity contribution in [3.63, 3.8) is 0 Å². The predicted molar refractivity (Wildman–Crippen MR) is 62.1 cm³/mol. The van der Waals surface area contributed by atoms with E-state index in [4.69, 9.17) is 0 Å². The first-order chi connectivity index (χ1) is 6.72. The quantitative estimate of drug-likeness (QED) is 0.681. The Hall–Kier alpha value is -0.0800. The normalized spacial score (nSPS) is 29.4. The summed E-state index contributed by atoms with van der Waals surface area (Å²) in [4.78, 5) is 2.49. The van der Waals surface area contributed by atoms with Crippen LogP contribution in [0.4, 0.5) is 0 Å². The first-order valence-electron chi connectivity index (χ1n) is 6.05. The summed E-state index contributed by atoms with van der Waals surface area (Å²) in [5.41, 5.74) is 0. The van der Waals surface area contributed by atoms with Crippen molar-refractivity contribution >= 4 is 0 Å². The molecular formula is C12H25N2. The Morgan fingerprint density at radius 2 is 1.86 bits per heavy atom. The van der Waals surface area contributed by atoms with Crippen LogP contribution in [-0.4, -0.2) is 30.1 Å². The Morgan fingerprint density at radius 3 is 2.43 bits per heavy atom. The monoisotopic (exact) mass is 197 g/mol. The number of unbranched alkanes of at least 4 members (excludes halogenated alkanes) is 3. The minimum atomic E-state index is 0.640. The molecule has 0 aliphatic carbocycles. The summed E-state index contributed by atoms with van der Waals surface area (Å²) >= 11 is 0. The molecule has 1 saturated heterocycles. The largest absolute Gasteiger partial charge is 0.309 e. The highest BCUT2D eigenvalue weighted by atomic mass is 15.2. The van der Waals surface area contributed by atoms with E-state index in [0.29, 0.717) is 12.1 Å². The highest BCUT2D eigenvalue weighted by Gasteiger charge is 2.19. The van der Waals surface area contributed by atoms with Crippen molar-refractivity contribution in [2.75, 3.05) is 13.1 Å². The molecule has 0 amide bonds. The highest BCUT2D eigenvalue weighted by molar-refractivity contribution is 4.84. The van der Waals surface area contributed by atoms with Crippen LogP contribution in [0.15, 0.2) is 0 Å². The van der Waals surface area contributed by atoms with Crippen LogP contribution in [0.3, 0.4) is 0 Å². The molecule has 0 aromatic heterocycles. The third-order valence-electron chi connectivity index (χ3n) is 2.78. The summed E-state index contributed by atoms with van der Waals surface area (Å²) in [6.07, 6.45) is 5.30. The summed E-state index contributed by atoms with van der Waals surface area (Å²) in [6, 6.07) is 1.28. The van der Waals surface area contributed by atoms with Gasteiger partial charge in [-0.2, -0.15) is 0 Å². The second-order valence-electron chi connectivity index (χ2n) is 4.60. The standard InChI is InChI=1S/C12H25N2/c1-4-5-6-7-8-14-9-11(2)13-12(3)10-14/h8,11-13H,4-7,9-10H2,1-3H3. The fourth-order valence-electron chi connectivity index (χ4n) is 2.19. The highest BCUT2D eigenvalue weighted by Crippen LogP contribution is 2.10. The SMILES string of the molecule is CCCCC[CH]N1CC(C)NC(C)C1. The minimum Gasteiger partial charge on any atom is -0.309 e. The number of rotatable bonds is 5. The Kier molecular flexibility index (Phi) is 5.49. The third-order valence-corrected chi connectivity index (χ3v) is 2.78. The van der Waals surface area contributed by atoms with Gasteiger partial charge in [0.2, 0.25) is 0 Å². The lowest BCUT2D eigenvalue weighted by molar-refractivity contribution is 0.203. The maximum atomic E-state index is 3.55. The number of nitrogens with one attached hydrogen (secondary N) is 1. The zero-order valence-corrected chi connectivity index (χ0v) is 9.92. The van der Waals surface area contributed by atoms with Crippen molar-refractivity contribution in [2.24, 2.45) is 0 Å². The molecular weight excluding hydrogens is 172 g/mol. The van der Waals surface area contributed by atoms with E-state index in [9.17, 15) is 0 Å². The smallest absolute Gasteiger partial charge is 0.0252 e. The van der Waals surface area contributed by atoms with E-state index in [1.54, 1.807) is 0 Å². The topological polar surface area (TPSA) is 15.3 Å². The van der Waals surface area contributed by atoms with Crippen LogP contribution in [-0.2, 0) is 0 Å². The summed E-state index contributed by atoms with van der Waals surface area (Å²) in [7, 11) is 0. The van der Waals surface area contributed by atoms with Gasteiger partial charge >= 0.3 is 0 Å². The molecule has 0 aromatic rings. The van der Waals surface area contributed by atoms with Gasteiger partial charge in [-0.15, -0.1) is 0 Å². The lowest BCUT2D eigenvalue weighted by Gasteiger charge is -2.35. The molecule has 2 heteroatoms. The number of nitrogens with zero attached hydrogens (tertiary/aromatic N) is 1. The predicted octanol–water partition coefficient (Wildman–Crippen LogP) is 2.41. The van der Waals surface area contributed by atoms with Gasteiger partial charge in [0.25, 0.3) is 0 Å². The molecule has 1 aliphatic rings. The molecule has 0 bridgehead atoms. The maximum Gasteiger partial charge on any atom is 0.0252 e. The molecule has 2 unspecified atom stereocenters. The van der Waals surface area contributed by atoms with Gasteiger partial charge in [-0.25, -0.2) is 0 Å². The van der Waals surface area contributed by atoms with E-state index in [2.05, 4.69) is 37.5 Å². The van der Waals surface area contributed by atoms with Crippen molar-refractivity contribution in [1.82, 2.24) is 10.2 Å². The molecule has 0 spiro atoms. The Morgan fingerprint density at radius 1 is 1.21 bits per heavy atom. The molecule has 83 valence electrons. The summed E-state index contributed by atoms with van der Waals surface area (Å²) < 4.78 is 0. The third kappa shape index (κ3) is 4.43. The zero-order chi connectivity index (χ0) is 10.4. The molecule has 0 saturated carbocycles. The zero-order valence-electron chi connectivity index (χ0n) is 9.92. The van der Waals surface area contributed by atoms with E-state index >= 15 is 0 Å². The molecule has 0 aromatic carbocycles. The van der Waals surface area contributed by atoms with Crippen LogP contribution in [0, 0.1) is 6.54 Å². The molecule has 2 atom stereocenters. The average Bonchev–Trinajstić information content (AvgIpc) is 2.11. The molecule has 1 radical (unpaired) electrons. The molecule has 2 nitrogen and oxygen atoms in total. The molecule has 14 heavy (non-hydrogen) atoms. The van der Waals surface area contributed by atoms with Gasteiger partial charge in [-0.3, -0.25) is 4.90 Å². The van der Waals surface area contributed by atoms with Gasteiger partial charge in [0.05, 0.1) is 0 Å². The van der Waals surface area contributed by atoms with Gasteiger partial charge in [0.15, 0.2) is 0 Å². The number of piperazine rings is 1. The van der Waals surface area contributed by atoms with Crippen LogP contribution in [0.1, 0.15) is 46.5 Å². The summed E-state index contributed by atoms with van der Waals surface area (Å²) in [5, 5.41) is 3.55. The van der Waals surface area contributed by atoms with Crippen molar-refractivity contribution in [1.29, 1.82) is 0 Å². The molecule has 1 N–H and O–H groups in total. The second kappa shape index (κ2) is 6.41. The van der Waals surface area contributed by atoms with E-state index in [1.807, 2.05) is 0 Å². The van der Waals surface area contributed by atoms with Crippen LogP contribution < -0.4 is 5.32 Å². The number of hydrogen-bond acceptors (Lipinski definition) is 2. The average molecular weight is 197 g/mol. The Balaban J connectivity index is 2.10. The lowest BCUT2D eigenvalue weighted by atomic mass is 10.1. The fourth-order valence-corrected chi connectivity index (χ4v) is 2.19. The lowest BCUT2D eigenvalue weighted by Crippen LogP contribution is -2.53. The van der Waals surface area contributed by atoms with Crippen LogP contribution in [0.2, 0.25) is 0 Å². The van der Waals surface area contributed by atoms with Crippen LogP contribution in [0.5, 0.6) is 0 Å². The minimum absolute atomic E-state index is 0.640. The molecule has 1 aliphatic heterocycles. The van der Waals surface area contributed by atoms with Gasteiger partial charge in [-0.05, 0) is 20.3 Å². The summed E-state index contributed by atoms with van der Waals surface area (Å²) in [6.45, 7) is 11.6. The summed E-state index contributed by atoms with van der Waals surface area (Å²) in [5.74, 6) is 0. The van der Waals surface area contributed by atoms with Crippen molar-refractivity contribution in [3.05, 3.63) is 6.54 Å².